The monoisotopic (exact) mass is 408 g/mol. The molecule has 0 radical (unpaired) electrons. The van der Waals surface area contributed by atoms with E-state index in [1.807, 2.05) is 0 Å². The number of pyridine rings is 1. The number of rotatable bonds is 4. The summed E-state index contributed by atoms with van der Waals surface area (Å²) in [6.07, 6.45) is -4.86. The van der Waals surface area contributed by atoms with E-state index in [-0.39, 0.29) is 17.6 Å². The topological polar surface area (TPSA) is 60.3 Å². The third-order valence-corrected chi connectivity index (χ3v) is 4.43. The molecule has 0 saturated carbocycles. The summed E-state index contributed by atoms with van der Waals surface area (Å²) in [5.41, 5.74) is 0.216. The minimum Gasteiger partial charge on any atom is -0.406 e. The van der Waals surface area contributed by atoms with E-state index in [4.69, 9.17) is 0 Å². The number of amides is 1. The van der Waals surface area contributed by atoms with E-state index in [0.717, 1.165) is 16.7 Å². The number of carbonyl (C=O) groups excluding carboxylic acids is 1. The molecule has 1 aromatic heterocycles. The highest BCUT2D eigenvalue weighted by atomic mass is 19.4. The SMILES string of the molecule is Cc1c(C(=O)NCc2cccc(F)c2)c(=O)n(C)c2cc(OC(F)(F)F)ccc12. The number of carbonyl (C=O) groups is 1. The molecule has 29 heavy (non-hydrogen) atoms. The number of aromatic nitrogens is 1. The van der Waals surface area contributed by atoms with Crippen LogP contribution in [0, 0.1) is 12.7 Å². The van der Waals surface area contributed by atoms with Crippen molar-refractivity contribution in [1.82, 2.24) is 9.88 Å². The van der Waals surface area contributed by atoms with Crippen LogP contribution in [0.5, 0.6) is 5.75 Å². The summed E-state index contributed by atoms with van der Waals surface area (Å²) in [7, 11) is 1.35. The van der Waals surface area contributed by atoms with Gasteiger partial charge in [0, 0.05) is 25.0 Å². The molecular formula is C20H16F4N2O3. The van der Waals surface area contributed by atoms with Gasteiger partial charge in [0.05, 0.1) is 5.52 Å². The first-order valence-electron chi connectivity index (χ1n) is 8.48. The molecule has 1 heterocycles. The Labute approximate surface area is 162 Å². The van der Waals surface area contributed by atoms with Crippen LogP contribution >= 0.6 is 0 Å². The van der Waals surface area contributed by atoms with Gasteiger partial charge in [-0.05, 0) is 42.3 Å². The van der Waals surface area contributed by atoms with E-state index in [1.165, 1.54) is 38.2 Å². The second-order valence-corrected chi connectivity index (χ2v) is 6.40. The van der Waals surface area contributed by atoms with Crippen LogP contribution in [0.1, 0.15) is 21.5 Å². The van der Waals surface area contributed by atoms with Crippen molar-refractivity contribution in [2.45, 2.75) is 19.8 Å². The van der Waals surface area contributed by atoms with Crippen LogP contribution < -0.4 is 15.6 Å². The minimum atomic E-state index is -4.86. The summed E-state index contributed by atoms with van der Waals surface area (Å²) in [5.74, 6) is -1.58. The maximum absolute atomic E-state index is 13.3. The fraction of sp³-hybridized carbons (Fsp3) is 0.200. The van der Waals surface area contributed by atoms with Crippen LogP contribution in [0.2, 0.25) is 0 Å². The number of alkyl halides is 3. The molecule has 0 bridgehead atoms. The van der Waals surface area contributed by atoms with E-state index in [1.54, 1.807) is 6.07 Å². The summed E-state index contributed by atoms with van der Waals surface area (Å²) >= 11 is 0. The van der Waals surface area contributed by atoms with Crippen LogP contribution in [-0.4, -0.2) is 16.8 Å². The van der Waals surface area contributed by atoms with Gasteiger partial charge in [-0.3, -0.25) is 9.59 Å². The highest BCUT2D eigenvalue weighted by molar-refractivity contribution is 6.00. The number of aryl methyl sites for hydroxylation is 2. The molecule has 3 rings (SSSR count). The van der Waals surface area contributed by atoms with E-state index in [0.29, 0.717) is 16.5 Å². The Bertz CT molecular complexity index is 1150. The van der Waals surface area contributed by atoms with Crippen LogP contribution in [0.3, 0.4) is 0 Å². The van der Waals surface area contributed by atoms with Gasteiger partial charge < -0.3 is 14.6 Å². The number of halogens is 4. The lowest BCUT2D eigenvalue weighted by atomic mass is 10.0. The number of hydrogen-bond donors (Lipinski definition) is 1. The van der Waals surface area contributed by atoms with Gasteiger partial charge in [0.2, 0.25) is 0 Å². The van der Waals surface area contributed by atoms with Gasteiger partial charge in [-0.15, -0.1) is 13.2 Å². The van der Waals surface area contributed by atoms with Gasteiger partial charge >= 0.3 is 6.36 Å². The Hall–Kier alpha value is -3.36. The van der Waals surface area contributed by atoms with Crippen molar-refractivity contribution in [3.8, 4) is 5.75 Å². The second kappa shape index (κ2) is 7.57. The number of hydrogen-bond acceptors (Lipinski definition) is 3. The maximum Gasteiger partial charge on any atom is 0.573 e. The molecule has 0 aliphatic heterocycles. The Morgan fingerprint density at radius 2 is 1.90 bits per heavy atom. The molecule has 0 fully saturated rings. The molecule has 2 aromatic carbocycles. The van der Waals surface area contributed by atoms with Gasteiger partial charge in [-0.25, -0.2) is 4.39 Å². The van der Waals surface area contributed by atoms with Crippen LogP contribution in [0.25, 0.3) is 10.9 Å². The van der Waals surface area contributed by atoms with Crippen molar-refractivity contribution < 1.29 is 27.1 Å². The third kappa shape index (κ3) is 4.39. The third-order valence-electron chi connectivity index (χ3n) is 4.43. The van der Waals surface area contributed by atoms with Gasteiger partial charge in [-0.1, -0.05) is 12.1 Å². The molecule has 3 aromatic rings. The lowest BCUT2D eigenvalue weighted by Crippen LogP contribution is -2.33. The average molecular weight is 408 g/mol. The summed E-state index contributed by atoms with van der Waals surface area (Å²) in [4.78, 5) is 25.3. The van der Waals surface area contributed by atoms with E-state index >= 15 is 0 Å². The predicted molar refractivity (Wildman–Crippen MR) is 98.2 cm³/mol. The molecule has 0 spiro atoms. The normalized spacial score (nSPS) is 11.5. The van der Waals surface area contributed by atoms with Gasteiger partial charge in [0.15, 0.2) is 0 Å². The Balaban J connectivity index is 1.97. The first-order chi connectivity index (χ1) is 13.6. The molecule has 9 heteroatoms. The minimum absolute atomic E-state index is 0.00951. The summed E-state index contributed by atoms with van der Waals surface area (Å²) in [6, 6.07) is 9.20. The molecule has 1 N–H and O–H groups in total. The Morgan fingerprint density at radius 3 is 2.55 bits per heavy atom. The first-order valence-corrected chi connectivity index (χ1v) is 8.48. The first kappa shape index (κ1) is 20.4. The molecule has 0 aliphatic rings. The van der Waals surface area contributed by atoms with Crippen molar-refractivity contribution in [1.29, 1.82) is 0 Å². The van der Waals surface area contributed by atoms with Crippen molar-refractivity contribution in [2.75, 3.05) is 0 Å². The van der Waals surface area contributed by atoms with E-state index < -0.39 is 29.4 Å². The summed E-state index contributed by atoms with van der Waals surface area (Å²) < 4.78 is 55.6. The van der Waals surface area contributed by atoms with Crippen molar-refractivity contribution in [2.24, 2.45) is 7.05 Å². The molecular weight excluding hydrogens is 392 g/mol. The molecule has 0 saturated heterocycles. The zero-order valence-corrected chi connectivity index (χ0v) is 15.4. The molecule has 1 amide bonds. The number of nitrogens with one attached hydrogen (secondary N) is 1. The summed E-state index contributed by atoms with van der Waals surface area (Å²) in [6.45, 7) is 1.54. The number of nitrogens with zero attached hydrogens (tertiary/aromatic N) is 1. The lowest BCUT2D eigenvalue weighted by molar-refractivity contribution is -0.274. The molecule has 5 nitrogen and oxygen atoms in total. The highest BCUT2D eigenvalue weighted by Crippen LogP contribution is 2.28. The maximum atomic E-state index is 13.3. The molecule has 152 valence electrons. The van der Waals surface area contributed by atoms with Crippen molar-refractivity contribution in [3.63, 3.8) is 0 Å². The fourth-order valence-electron chi connectivity index (χ4n) is 3.06. The van der Waals surface area contributed by atoms with Gasteiger partial charge in [0.1, 0.15) is 17.1 Å². The Morgan fingerprint density at radius 1 is 1.17 bits per heavy atom. The van der Waals surface area contributed by atoms with Gasteiger partial charge in [0.25, 0.3) is 11.5 Å². The highest BCUT2D eigenvalue weighted by Gasteiger charge is 2.31. The predicted octanol–water partition coefficient (Wildman–Crippen LogP) is 3.81. The molecule has 0 aliphatic carbocycles. The largest absolute Gasteiger partial charge is 0.573 e. The standard InChI is InChI=1S/C20H16F4N2O3/c1-11-15-7-6-14(29-20(22,23)24)9-16(15)26(2)19(28)17(11)18(27)25-10-12-4-3-5-13(21)8-12/h3-9H,10H2,1-2H3,(H,25,27). The average Bonchev–Trinajstić information content (AvgIpc) is 2.63. The summed E-state index contributed by atoms with van der Waals surface area (Å²) in [5, 5.41) is 2.99. The van der Waals surface area contributed by atoms with Crippen LogP contribution in [0.15, 0.2) is 47.3 Å². The van der Waals surface area contributed by atoms with Crippen LogP contribution in [0.4, 0.5) is 17.6 Å². The van der Waals surface area contributed by atoms with Gasteiger partial charge in [-0.2, -0.15) is 0 Å². The lowest BCUT2D eigenvalue weighted by Gasteiger charge is -2.15. The zero-order valence-electron chi connectivity index (χ0n) is 15.4. The Kier molecular flexibility index (Phi) is 5.32. The quantitative estimate of drug-likeness (QED) is 0.668. The van der Waals surface area contributed by atoms with Crippen LogP contribution in [-0.2, 0) is 13.6 Å². The van der Waals surface area contributed by atoms with Crippen molar-refractivity contribution >= 4 is 16.8 Å². The van der Waals surface area contributed by atoms with Crippen molar-refractivity contribution in [3.05, 3.63) is 75.3 Å². The van der Waals surface area contributed by atoms with E-state index in [2.05, 4.69) is 10.1 Å². The number of fused-ring (bicyclic) bond motifs is 1. The number of ether oxygens (including phenoxy) is 1. The van der Waals surface area contributed by atoms with E-state index in [9.17, 15) is 27.2 Å². The number of benzene rings is 2. The molecule has 0 atom stereocenters. The molecule has 0 unspecified atom stereocenters. The smallest absolute Gasteiger partial charge is 0.406 e. The zero-order chi connectivity index (χ0) is 21.3. The second-order valence-electron chi connectivity index (χ2n) is 6.40. The fourth-order valence-corrected chi connectivity index (χ4v) is 3.06.